The molecule has 0 nitrogen and oxygen atoms in total. The van der Waals surface area contributed by atoms with Crippen LogP contribution in [-0.4, -0.2) is 0 Å². The van der Waals surface area contributed by atoms with Gasteiger partial charge in [-0.05, 0) is 30.9 Å². The Labute approximate surface area is 125 Å². The fraction of sp³-hybridized carbons (Fsp3) is 0.263. The van der Waals surface area contributed by atoms with E-state index in [1.165, 1.54) is 11.1 Å². The molecule has 21 heavy (non-hydrogen) atoms. The second kappa shape index (κ2) is 7.16. The largest absolute Gasteiger partial charge is 0.209 e. The Kier molecular flexibility index (Phi) is 5.26. The molecule has 0 saturated carbocycles. The van der Waals surface area contributed by atoms with Crippen molar-refractivity contribution in [3.05, 3.63) is 76.6 Å². The molecule has 0 N–H and O–H groups in total. The minimum Gasteiger partial charge on any atom is -0.209 e. The molecule has 0 unspecified atom stereocenters. The van der Waals surface area contributed by atoms with Crippen LogP contribution in [0.5, 0.6) is 0 Å². The summed E-state index contributed by atoms with van der Waals surface area (Å²) in [5, 5.41) is 0. The van der Waals surface area contributed by atoms with Gasteiger partial charge in [-0.25, -0.2) is 8.78 Å². The van der Waals surface area contributed by atoms with Crippen LogP contribution in [0.3, 0.4) is 0 Å². The van der Waals surface area contributed by atoms with Gasteiger partial charge in [0.05, 0.1) is 0 Å². The van der Waals surface area contributed by atoms with Crippen molar-refractivity contribution < 1.29 is 8.78 Å². The first-order valence-electron chi connectivity index (χ1n) is 7.29. The predicted octanol–water partition coefficient (Wildman–Crippen LogP) is 5.99. The zero-order valence-electron chi connectivity index (χ0n) is 12.5. The highest BCUT2D eigenvalue weighted by Gasteiger charge is 2.08. The SMILES string of the molecule is CCCC(F)=C(F)c1ccc(Cc2ccc(C)cc2)cc1. The van der Waals surface area contributed by atoms with Crippen LogP contribution in [0, 0.1) is 6.92 Å². The highest BCUT2D eigenvalue weighted by molar-refractivity contribution is 5.61. The average Bonchev–Trinajstić information content (AvgIpc) is 2.50. The van der Waals surface area contributed by atoms with Gasteiger partial charge in [0.2, 0.25) is 0 Å². The van der Waals surface area contributed by atoms with Gasteiger partial charge >= 0.3 is 0 Å². The topological polar surface area (TPSA) is 0 Å². The molecule has 2 aromatic carbocycles. The van der Waals surface area contributed by atoms with Crippen LogP contribution >= 0.6 is 0 Å². The molecule has 0 atom stereocenters. The van der Waals surface area contributed by atoms with Crippen molar-refractivity contribution in [1.29, 1.82) is 0 Å². The summed E-state index contributed by atoms with van der Waals surface area (Å²) in [6.07, 6.45) is 1.55. The van der Waals surface area contributed by atoms with Crippen LogP contribution < -0.4 is 0 Å². The van der Waals surface area contributed by atoms with Gasteiger partial charge in [-0.1, -0.05) is 61.0 Å². The number of rotatable bonds is 5. The van der Waals surface area contributed by atoms with E-state index in [4.69, 9.17) is 0 Å². The summed E-state index contributed by atoms with van der Waals surface area (Å²) in [7, 11) is 0. The van der Waals surface area contributed by atoms with Crippen LogP contribution in [0.2, 0.25) is 0 Å². The van der Waals surface area contributed by atoms with Crippen LogP contribution in [0.15, 0.2) is 54.4 Å². The van der Waals surface area contributed by atoms with E-state index in [0.29, 0.717) is 12.0 Å². The number of allylic oxidation sites excluding steroid dienone is 1. The van der Waals surface area contributed by atoms with E-state index in [1.807, 2.05) is 19.1 Å². The monoisotopic (exact) mass is 286 g/mol. The maximum Gasteiger partial charge on any atom is 0.161 e. The molecule has 0 radical (unpaired) electrons. The fourth-order valence-corrected chi connectivity index (χ4v) is 2.20. The smallest absolute Gasteiger partial charge is 0.161 e. The Bertz CT molecular complexity index is 607. The standard InChI is InChI=1S/C19H20F2/c1-3-4-18(20)19(21)17-11-9-16(10-12-17)13-15-7-5-14(2)6-8-15/h5-12H,3-4,13H2,1-2H3. The summed E-state index contributed by atoms with van der Waals surface area (Å²) < 4.78 is 27.3. The molecular weight excluding hydrogens is 266 g/mol. The van der Waals surface area contributed by atoms with Crippen molar-refractivity contribution in [3.63, 3.8) is 0 Å². The Balaban J connectivity index is 2.12. The number of aryl methyl sites for hydroxylation is 1. The number of hydrogen-bond donors (Lipinski definition) is 0. The molecule has 0 aromatic heterocycles. The lowest BCUT2D eigenvalue weighted by molar-refractivity contribution is 0.559. The highest BCUT2D eigenvalue weighted by Crippen LogP contribution is 2.25. The van der Waals surface area contributed by atoms with E-state index in [1.54, 1.807) is 12.1 Å². The van der Waals surface area contributed by atoms with E-state index in [-0.39, 0.29) is 6.42 Å². The molecule has 2 aromatic rings. The van der Waals surface area contributed by atoms with Gasteiger partial charge in [-0.3, -0.25) is 0 Å². The zero-order chi connectivity index (χ0) is 15.2. The number of halogens is 2. The molecule has 0 saturated heterocycles. The predicted molar refractivity (Wildman–Crippen MR) is 84.5 cm³/mol. The van der Waals surface area contributed by atoms with Gasteiger partial charge < -0.3 is 0 Å². The van der Waals surface area contributed by atoms with Crippen LogP contribution in [0.25, 0.3) is 5.83 Å². The maximum atomic E-state index is 13.8. The van der Waals surface area contributed by atoms with E-state index >= 15 is 0 Å². The third-order valence-corrected chi connectivity index (χ3v) is 3.44. The lowest BCUT2D eigenvalue weighted by Gasteiger charge is -2.05. The molecule has 0 amide bonds. The minimum atomic E-state index is -0.737. The van der Waals surface area contributed by atoms with E-state index < -0.39 is 11.7 Å². The highest BCUT2D eigenvalue weighted by atomic mass is 19.2. The van der Waals surface area contributed by atoms with E-state index in [0.717, 1.165) is 12.0 Å². The summed E-state index contributed by atoms with van der Waals surface area (Å²) in [4.78, 5) is 0. The maximum absolute atomic E-state index is 13.8. The first-order chi connectivity index (χ1) is 10.1. The van der Waals surface area contributed by atoms with Crippen molar-refractivity contribution in [2.45, 2.75) is 33.1 Å². The lowest BCUT2D eigenvalue weighted by atomic mass is 10.0. The molecular formula is C19H20F2. The zero-order valence-corrected chi connectivity index (χ0v) is 12.5. The quantitative estimate of drug-likeness (QED) is 0.633. The van der Waals surface area contributed by atoms with Crippen LogP contribution in [-0.2, 0) is 6.42 Å². The minimum absolute atomic E-state index is 0.150. The van der Waals surface area contributed by atoms with Gasteiger partial charge in [0.1, 0.15) is 5.83 Å². The second-order valence-electron chi connectivity index (χ2n) is 5.33. The van der Waals surface area contributed by atoms with Gasteiger partial charge in [0, 0.05) is 12.0 Å². The molecule has 0 aliphatic heterocycles. The number of hydrogen-bond acceptors (Lipinski definition) is 0. The van der Waals surface area contributed by atoms with Crippen LogP contribution in [0.4, 0.5) is 8.78 Å². The summed E-state index contributed by atoms with van der Waals surface area (Å²) >= 11 is 0. The van der Waals surface area contributed by atoms with Gasteiger partial charge in [-0.2, -0.15) is 0 Å². The van der Waals surface area contributed by atoms with Gasteiger partial charge in [-0.15, -0.1) is 0 Å². The Morgan fingerprint density at radius 1 is 0.857 bits per heavy atom. The normalized spacial score (nSPS) is 12.2. The summed E-state index contributed by atoms with van der Waals surface area (Å²) in [6.45, 7) is 3.88. The molecule has 0 spiro atoms. The van der Waals surface area contributed by atoms with Crippen molar-refractivity contribution in [1.82, 2.24) is 0 Å². The van der Waals surface area contributed by atoms with Crippen molar-refractivity contribution in [2.24, 2.45) is 0 Å². The second-order valence-corrected chi connectivity index (χ2v) is 5.33. The fourth-order valence-electron chi connectivity index (χ4n) is 2.20. The molecule has 2 rings (SSSR count). The first-order valence-corrected chi connectivity index (χ1v) is 7.29. The van der Waals surface area contributed by atoms with Gasteiger partial charge in [0.25, 0.3) is 0 Å². The average molecular weight is 286 g/mol. The van der Waals surface area contributed by atoms with E-state index in [9.17, 15) is 8.78 Å². The van der Waals surface area contributed by atoms with E-state index in [2.05, 4.69) is 31.2 Å². The van der Waals surface area contributed by atoms with Crippen molar-refractivity contribution in [2.75, 3.05) is 0 Å². The Morgan fingerprint density at radius 2 is 1.38 bits per heavy atom. The Morgan fingerprint density at radius 3 is 1.90 bits per heavy atom. The van der Waals surface area contributed by atoms with Crippen molar-refractivity contribution in [3.8, 4) is 0 Å². The molecule has 0 aliphatic rings. The molecule has 110 valence electrons. The molecule has 0 bridgehead atoms. The third-order valence-electron chi connectivity index (χ3n) is 3.44. The van der Waals surface area contributed by atoms with Gasteiger partial charge in [0.15, 0.2) is 5.83 Å². The molecule has 0 heterocycles. The van der Waals surface area contributed by atoms with Crippen LogP contribution in [0.1, 0.15) is 42.0 Å². The summed E-state index contributed by atoms with van der Waals surface area (Å²) in [5.74, 6) is -1.40. The third kappa shape index (κ3) is 4.25. The first kappa shape index (κ1) is 15.4. The summed E-state index contributed by atoms with van der Waals surface area (Å²) in [6, 6.07) is 15.3. The molecule has 0 aliphatic carbocycles. The molecule has 0 fully saturated rings. The number of benzene rings is 2. The molecule has 2 heteroatoms. The Hall–Kier alpha value is -1.96. The van der Waals surface area contributed by atoms with Crippen molar-refractivity contribution >= 4 is 5.83 Å². The summed E-state index contributed by atoms with van der Waals surface area (Å²) in [5.41, 5.74) is 3.84. The lowest BCUT2D eigenvalue weighted by Crippen LogP contribution is -1.90.